The van der Waals surface area contributed by atoms with E-state index in [2.05, 4.69) is 25.0 Å². The van der Waals surface area contributed by atoms with Crippen molar-refractivity contribution in [1.29, 1.82) is 0 Å². The highest BCUT2D eigenvalue weighted by atomic mass is 16.5. The molecule has 2 aliphatic rings. The van der Waals surface area contributed by atoms with E-state index < -0.39 is 0 Å². The Morgan fingerprint density at radius 2 is 1.97 bits per heavy atom. The van der Waals surface area contributed by atoms with Gasteiger partial charge in [-0.1, -0.05) is 18.1 Å². The van der Waals surface area contributed by atoms with Gasteiger partial charge in [-0.05, 0) is 36.8 Å². The Kier molecular flexibility index (Phi) is 6.99. The molecule has 36 heavy (non-hydrogen) atoms. The molecule has 3 aromatic rings. The van der Waals surface area contributed by atoms with Crippen molar-refractivity contribution in [2.75, 3.05) is 42.6 Å². The Bertz CT molecular complexity index is 1260. The number of piperidine rings is 1. The summed E-state index contributed by atoms with van der Waals surface area (Å²) in [5.41, 5.74) is 8.23. The average molecular weight is 493 g/mol. The Morgan fingerprint density at radius 3 is 2.69 bits per heavy atom. The van der Waals surface area contributed by atoms with Gasteiger partial charge in [0.2, 0.25) is 5.95 Å². The first-order chi connectivity index (χ1) is 17.5. The maximum atomic E-state index is 12.1. The fourth-order valence-electron chi connectivity index (χ4n) is 4.51. The molecule has 1 atom stereocenters. The molecule has 0 spiro atoms. The van der Waals surface area contributed by atoms with Crippen LogP contribution in [0.1, 0.15) is 31.2 Å². The third kappa shape index (κ3) is 5.40. The molecular formula is C25H32N8O3. The number of hydrogen-bond acceptors (Lipinski definition) is 10. The van der Waals surface area contributed by atoms with E-state index >= 15 is 0 Å². The largest absolute Gasteiger partial charge is 0.490 e. The summed E-state index contributed by atoms with van der Waals surface area (Å²) in [7, 11) is 0. The number of aromatic nitrogens is 5. The van der Waals surface area contributed by atoms with E-state index in [9.17, 15) is 4.79 Å². The first-order valence-corrected chi connectivity index (χ1v) is 12.4. The molecule has 5 heterocycles. The first kappa shape index (κ1) is 24.0. The molecule has 0 bridgehead atoms. The number of nitrogens with two attached hydrogens (primary N) is 1. The molecule has 3 aromatic heterocycles. The van der Waals surface area contributed by atoms with E-state index in [4.69, 9.17) is 15.0 Å². The molecule has 11 heteroatoms. The molecule has 0 amide bonds. The molecule has 190 valence electrons. The first-order valence-electron chi connectivity index (χ1n) is 12.4. The third-order valence-electron chi connectivity index (χ3n) is 6.70. The number of aryl methyl sites for hydroxylation is 2. The summed E-state index contributed by atoms with van der Waals surface area (Å²) in [5.74, 6) is 2.43. The van der Waals surface area contributed by atoms with E-state index in [-0.39, 0.29) is 11.6 Å². The van der Waals surface area contributed by atoms with Gasteiger partial charge < -0.3 is 24.8 Å². The van der Waals surface area contributed by atoms with Crippen molar-refractivity contribution >= 4 is 18.2 Å². The number of rotatable bonds is 7. The Hall–Kier alpha value is -3.73. The van der Waals surface area contributed by atoms with Crippen molar-refractivity contribution in [1.82, 2.24) is 24.7 Å². The maximum absolute atomic E-state index is 12.1. The normalized spacial score (nSPS) is 19.9. The smallest absolute Gasteiger partial charge is 0.324 e. The van der Waals surface area contributed by atoms with Crippen molar-refractivity contribution in [3.05, 3.63) is 58.0 Å². The van der Waals surface area contributed by atoms with Gasteiger partial charge in [-0.3, -0.25) is 9.36 Å². The van der Waals surface area contributed by atoms with Crippen LogP contribution in [0.5, 0.6) is 5.75 Å². The number of pyridine rings is 1. The van der Waals surface area contributed by atoms with Crippen molar-refractivity contribution in [3.63, 3.8) is 0 Å². The Morgan fingerprint density at radius 1 is 1.19 bits per heavy atom. The molecule has 0 aliphatic carbocycles. The molecule has 2 N–H and O–H groups in total. The minimum Gasteiger partial charge on any atom is -0.490 e. The van der Waals surface area contributed by atoms with Crippen molar-refractivity contribution in [3.8, 4) is 5.75 Å². The van der Waals surface area contributed by atoms with Crippen molar-refractivity contribution in [2.24, 2.45) is 11.7 Å². The van der Waals surface area contributed by atoms with Gasteiger partial charge in [0.05, 0.1) is 19.0 Å². The second kappa shape index (κ2) is 10.5. The minimum absolute atomic E-state index is 0.0811. The van der Waals surface area contributed by atoms with Gasteiger partial charge in [-0.2, -0.15) is 4.98 Å². The zero-order chi connectivity index (χ0) is 25.1. The van der Waals surface area contributed by atoms with Gasteiger partial charge in [-0.25, -0.2) is 9.97 Å². The fraction of sp³-hybridized carbons (Fsp3) is 0.480. The van der Waals surface area contributed by atoms with Crippen LogP contribution in [0.4, 0.5) is 12.0 Å². The lowest BCUT2D eigenvalue weighted by molar-refractivity contribution is 0.219. The van der Waals surface area contributed by atoms with Crippen LogP contribution in [-0.4, -0.2) is 63.5 Å². The van der Waals surface area contributed by atoms with Crippen LogP contribution in [0.25, 0.3) is 6.20 Å². The molecule has 1 unspecified atom stereocenters. The van der Waals surface area contributed by atoms with Gasteiger partial charge in [-0.15, -0.1) is 0 Å². The summed E-state index contributed by atoms with van der Waals surface area (Å²) in [6.07, 6.45) is 9.81. The van der Waals surface area contributed by atoms with Crippen LogP contribution in [0.15, 0.2) is 45.6 Å². The van der Waals surface area contributed by atoms with E-state index in [1.807, 2.05) is 31.1 Å². The summed E-state index contributed by atoms with van der Waals surface area (Å²) < 4.78 is 12.9. The highest BCUT2D eigenvalue weighted by Gasteiger charge is 2.27. The predicted molar refractivity (Wildman–Crippen MR) is 136 cm³/mol. The molecule has 2 saturated heterocycles. The topological polar surface area (TPSA) is 128 Å². The Balaban J connectivity index is 1.13. The summed E-state index contributed by atoms with van der Waals surface area (Å²) in [6.45, 7) is 7.48. The van der Waals surface area contributed by atoms with Crippen molar-refractivity contribution < 1.29 is 9.26 Å². The molecule has 0 radical (unpaired) electrons. The quantitative estimate of drug-likeness (QED) is 0.522. The SMILES string of the molecule is CCc1noc(N2CCC(COc3cnc(N4CC(=Cn5cc(C)ccc5=O)C(N)C4)nc3)CC2)n1. The summed E-state index contributed by atoms with van der Waals surface area (Å²) in [6, 6.07) is 3.78. The predicted octanol–water partition coefficient (Wildman–Crippen LogP) is 1.88. The summed E-state index contributed by atoms with van der Waals surface area (Å²) >= 11 is 0. The zero-order valence-corrected chi connectivity index (χ0v) is 20.7. The molecular weight excluding hydrogens is 460 g/mol. The van der Waals surface area contributed by atoms with Gasteiger partial charge in [0.15, 0.2) is 11.6 Å². The van der Waals surface area contributed by atoms with Crippen LogP contribution >= 0.6 is 0 Å². The van der Waals surface area contributed by atoms with Gasteiger partial charge in [0.1, 0.15) is 0 Å². The molecule has 2 aliphatic heterocycles. The monoisotopic (exact) mass is 492 g/mol. The maximum Gasteiger partial charge on any atom is 0.324 e. The minimum atomic E-state index is -0.191. The van der Waals surface area contributed by atoms with E-state index in [1.165, 1.54) is 0 Å². The number of anilines is 2. The van der Waals surface area contributed by atoms with Gasteiger partial charge >= 0.3 is 6.01 Å². The number of ether oxygens (including phenoxy) is 1. The van der Waals surface area contributed by atoms with Crippen LogP contribution < -0.4 is 25.8 Å². The highest BCUT2D eigenvalue weighted by molar-refractivity contribution is 5.47. The molecule has 11 nitrogen and oxygen atoms in total. The van der Waals surface area contributed by atoms with Gasteiger partial charge in [0, 0.05) is 57.1 Å². The molecule has 5 rings (SSSR count). The van der Waals surface area contributed by atoms with E-state index in [1.54, 1.807) is 29.1 Å². The number of hydrogen-bond donors (Lipinski definition) is 1. The van der Waals surface area contributed by atoms with Crippen LogP contribution in [0, 0.1) is 12.8 Å². The summed E-state index contributed by atoms with van der Waals surface area (Å²) in [5, 5.41) is 3.98. The van der Waals surface area contributed by atoms with E-state index in [0.717, 1.165) is 49.3 Å². The third-order valence-corrected chi connectivity index (χ3v) is 6.70. The Labute approximate surface area is 209 Å². The fourth-order valence-corrected chi connectivity index (χ4v) is 4.51. The molecule has 0 saturated carbocycles. The zero-order valence-electron chi connectivity index (χ0n) is 20.7. The number of nitrogens with zero attached hydrogens (tertiary/aromatic N) is 7. The van der Waals surface area contributed by atoms with Crippen LogP contribution in [0.3, 0.4) is 0 Å². The second-order valence-corrected chi connectivity index (χ2v) is 9.45. The highest BCUT2D eigenvalue weighted by Crippen LogP contribution is 2.24. The van der Waals surface area contributed by atoms with Crippen molar-refractivity contribution in [2.45, 2.75) is 39.2 Å². The van der Waals surface area contributed by atoms with Crippen LogP contribution in [-0.2, 0) is 6.42 Å². The van der Waals surface area contributed by atoms with Gasteiger partial charge in [0.25, 0.3) is 5.56 Å². The van der Waals surface area contributed by atoms with E-state index in [0.29, 0.717) is 43.3 Å². The lowest BCUT2D eigenvalue weighted by atomic mass is 9.98. The van der Waals surface area contributed by atoms with Crippen LogP contribution in [0.2, 0.25) is 0 Å². The standard InChI is InChI=1S/C25H32N8O3/c1-3-22-29-25(36-30-22)31-8-6-18(7-9-31)16-35-20-10-27-24(28-11-20)33-14-19(21(26)15-33)13-32-12-17(2)4-5-23(32)34/h4-5,10-13,18,21H,3,6-9,14-16,26H2,1-2H3. The lowest BCUT2D eigenvalue weighted by Crippen LogP contribution is -2.35. The average Bonchev–Trinajstić information content (AvgIpc) is 3.52. The molecule has 2 fully saturated rings. The lowest BCUT2D eigenvalue weighted by Gasteiger charge is -2.30. The summed E-state index contributed by atoms with van der Waals surface area (Å²) in [4.78, 5) is 29.7. The second-order valence-electron chi connectivity index (χ2n) is 9.45. The molecule has 0 aromatic carbocycles.